The van der Waals surface area contributed by atoms with Crippen LogP contribution in [-0.4, -0.2) is 19.1 Å². The van der Waals surface area contributed by atoms with Crippen molar-refractivity contribution in [3.63, 3.8) is 0 Å². The van der Waals surface area contributed by atoms with E-state index < -0.39 is 0 Å². The lowest BCUT2D eigenvalue weighted by Gasteiger charge is -2.11. The fourth-order valence-corrected chi connectivity index (χ4v) is 5.72. The summed E-state index contributed by atoms with van der Waals surface area (Å²) in [6, 6.07) is 46.4. The Bertz CT molecular complexity index is 2110. The van der Waals surface area contributed by atoms with Gasteiger partial charge in [-0.15, -0.1) is 0 Å². The molecule has 3 heterocycles. The molecule has 8 rings (SSSR count). The molecule has 0 aliphatic carbocycles. The Morgan fingerprint density at radius 3 is 1.66 bits per heavy atom. The van der Waals surface area contributed by atoms with Gasteiger partial charge in [-0.3, -0.25) is 4.57 Å². The number of para-hydroxylation sites is 4. The number of benzene rings is 5. The van der Waals surface area contributed by atoms with E-state index in [2.05, 4.69) is 130 Å². The van der Waals surface area contributed by atoms with Crippen molar-refractivity contribution < 1.29 is 0 Å². The van der Waals surface area contributed by atoms with Gasteiger partial charge in [0.25, 0.3) is 0 Å². The van der Waals surface area contributed by atoms with Gasteiger partial charge in [0, 0.05) is 27.4 Å². The van der Waals surface area contributed by atoms with E-state index in [1.165, 1.54) is 10.8 Å². The van der Waals surface area contributed by atoms with Gasteiger partial charge < -0.3 is 4.57 Å². The van der Waals surface area contributed by atoms with Crippen molar-refractivity contribution in [2.24, 2.45) is 0 Å². The minimum Gasteiger partial charge on any atom is -0.307 e. The molecule has 0 bridgehead atoms. The summed E-state index contributed by atoms with van der Waals surface area (Å²) in [6.07, 6.45) is 0. The number of aromatic nitrogens is 4. The van der Waals surface area contributed by atoms with Gasteiger partial charge in [-0.2, -0.15) is 0 Å². The lowest BCUT2D eigenvalue weighted by molar-refractivity contribution is 1.02. The molecule has 0 atom stereocenters. The first-order valence-corrected chi connectivity index (χ1v) is 12.8. The summed E-state index contributed by atoms with van der Waals surface area (Å²) in [7, 11) is 0. The molecule has 8 aromatic rings. The van der Waals surface area contributed by atoms with Crippen LogP contribution in [0.5, 0.6) is 0 Å². The SMILES string of the molecule is c1ccc(-c2nc(-n3c4ccccc4c4c3c3ccccc3n4-c3ccccc3)nc3ccccc23)cc1. The summed E-state index contributed by atoms with van der Waals surface area (Å²) >= 11 is 0. The molecule has 0 spiro atoms. The molecule has 178 valence electrons. The van der Waals surface area contributed by atoms with Gasteiger partial charge >= 0.3 is 0 Å². The minimum atomic E-state index is 0.671. The summed E-state index contributed by atoms with van der Waals surface area (Å²) in [4.78, 5) is 10.4. The lowest BCUT2D eigenvalue weighted by Crippen LogP contribution is -2.03. The van der Waals surface area contributed by atoms with E-state index in [1.54, 1.807) is 0 Å². The number of fused-ring (bicyclic) bond motifs is 6. The van der Waals surface area contributed by atoms with Crippen molar-refractivity contribution in [2.75, 3.05) is 0 Å². The summed E-state index contributed by atoms with van der Waals surface area (Å²) in [5, 5.41) is 3.38. The smallest absolute Gasteiger partial charge is 0.235 e. The van der Waals surface area contributed by atoms with Crippen LogP contribution in [0.15, 0.2) is 133 Å². The number of nitrogens with zero attached hydrogens (tertiary/aromatic N) is 4. The van der Waals surface area contributed by atoms with Crippen LogP contribution in [0.2, 0.25) is 0 Å². The van der Waals surface area contributed by atoms with Crippen LogP contribution in [0.3, 0.4) is 0 Å². The van der Waals surface area contributed by atoms with Crippen LogP contribution < -0.4 is 0 Å². The Kier molecular flexibility index (Phi) is 4.49. The highest BCUT2D eigenvalue weighted by Gasteiger charge is 2.23. The van der Waals surface area contributed by atoms with Gasteiger partial charge in [0.15, 0.2) is 0 Å². The second kappa shape index (κ2) is 8.15. The first kappa shape index (κ1) is 20.9. The van der Waals surface area contributed by atoms with Crippen LogP contribution in [0.4, 0.5) is 0 Å². The average molecular weight is 487 g/mol. The predicted octanol–water partition coefficient (Wildman–Crippen LogP) is 8.34. The van der Waals surface area contributed by atoms with Crippen LogP contribution >= 0.6 is 0 Å². The molecule has 0 radical (unpaired) electrons. The molecule has 4 nitrogen and oxygen atoms in total. The molecule has 0 saturated carbocycles. The Morgan fingerprint density at radius 2 is 0.947 bits per heavy atom. The normalized spacial score (nSPS) is 11.7. The number of rotatable bonds is 3. The van der Waals surface area contributed by atoms with Crippen molar-refractivity contribution in [3.05, 3.63) is 133 Å². The second-order valence-corrected chi connectivity index (χ2v) is 9.49. The van der Waals surface area contributed by atoms with E-state index in [0.29, 0.717) is 5.95 Å². The molecule has 0 amide bonds. The molecule has 3 aromatic heterocycles. The standard InChI is InChI=1S/C34H22N4/c1-3-13-23(14-4-1)31-25-17-7-10-20-28(25)35-34(36-31)38-30-22-12-9-19-27(30)32-33(38)26-18-8-11-21-29(26)37(32)24-15-5-2-6-16-24/h1-22H. The maximum Gasteiger partial charge on any atom is 0.235 e. The van der Waals surface area contributed by atoms with Gasteiger partial charge in [-0.1, -0.05) is 103 Å². The Balaban J connectivity index is 1.56. The van der Waals surface area contributed by atoms with E-state index in [4.69, 9.17) is 9.97 Å². The summed E-state index contributed by atoms with van der Waals surface area (Å²) in [6.45, 7) is 0. The van der Waals surface area contributed by atoms with Crippen molar-refractivity contribution in [2.45, 2.75) is 0 Å². The fourth-order valence-electron chi connectivity index (χ4n) is 5.72. The largest absolute Gasteiger partial charge is 0.307 e. The third-order valence-electron chi connectivity index (χ3n) is 7.32. The quantitative estimate of drug-likeness (QED) is 0.252. The Morgan fingerprint density at radius 1 is 0.421 bits per heavy atom. The molecule has 0 fully saturated rings. The first-order valence-electron chi connectivity index (χ1n) is 12.8. The van der Waals surface area contributed by atoms with E-state index >= 15 is 0 Å². The van der Waals surface area contributed by atoms with Crippen molar-refractivity contribution in [1.82, 2.24) is 19.1 Å². The zero-order chi connectivity index (χ0) is 25.1. The fraction of sp³-hybridized carbons (Fsp3) is 0. The van der Waals surface area contributed by atoms with Gasteiger partial charge in [-0.25, -0.2) is 9.97 Å². The van der Waals surface area contributed by atoms with Crippen LogP contribution in [0.1, 0.15) is 0 Å². The van der Waals surface area contributed by atoms with Crippen molar-refractivity contribution in [3.8, 4) is 22.9 Å². The highest BCUT2D eigenvalue weighted by molar-refractivity contribution is 6.19. The molecular formula is C34H22N4. The van der Waals surface area contributed by atoms with Crippen LogP contribution in [0.25, 0.3) is 66.6 Å². The summed E-state index contributed by atoms with van der Waals surface area (Å²) < 4.78 is 4.61. The van der Waals surface area contributed by atoms with E-state index in [9.17, 15) is 0 Å². The van der Waals surface area contributed by atoms with E-state index in [1.807, 2.05) is 12.1 Å². The third-order valence-corrected chi connectivity index (χ3v) is 7.32. The predicted molar refractivity (Wildman–Crippen MR) is 156 cm³/mol. The zero-order valence-electron chi connectivity index (χ0n) is 20.5. The monoisotopic (exact) mass is 486 g/mol. The Hall–Kier alpha value is -5.22. The molecular weight excluding hydrogens is 464 g/mol. The highest BCUT2D eigenvalue weighted by Crippen LogP contribution is 2.40. The molecule has 0 N–H and O–H groups in total. The van der Waals surface area contributed by atoms with Gasteiger partial charge in [0.1, 0.15) is 0 Å². The van der Waals surface area contributed by atoms with Gasteiger partial charge in [-0.05, 0) is 30.3 Å². The third kappa shape index (κ3) is 2.98. The van der Waals surface area contributed by atoms with Gasteiger partial charge in [0.2, 0.25) is 5.95 Å². The molecule has 0 unspecified atom stereocenters. The van der Waals surface area contributed by atoms with Crippen molar-refractivity contribution >= 4 is 43.7 Å². The summed E-state index contributed by atoms with van der Waals surface area (Å²) in [5.41, 5.74) is 8.58. The average Bonchev–Trinajstić information content (AvgIpc) is 3.50. The molecule has 4 heteroatoms. The molecule has 0 aliphatic heterocycles. The van der Waals surface area contributed by atoms with Crippen molar-refractivity contribution in [1.29, 1.82) is 0 Å². The van der Waals surface area contributed by atoms with Crippen LogP contribution in [-0.2, 0) is 0 Å². The molecule has 0 aliphatic rings. The molecule has 5 aromatic carbocycles. The maximum absolute atomic E-state index is 5.25. The Labute approximate surface area is 219 Å². The maximum atomic E-state index is 5.25. The van der Waals surface area contributed by atoms with Gasteiger partial charge in [0.05, 0.1) is 33.3 Å². The van der Waals surface area contributed by atoms with E-state index in [0.717, 1.165) is 49.9 Å². The van der Waals surface area contributed by atoms with Crippen LogP contribution in [0, 0.1) is 0 Å². The summed E-state index contributed by atoms with van der Waals surface area (Å²) in [5.74, 6) is 0.671. The highest BCUT2D eigenvalue weighted by atomic mass is 15.2. The molecule has 38 heavy (non-hydrogen) atoms. The number of hydrogen-bond donors (Lipinski definition) is 0. The minimum absolute atomic E-state index is 0.671. The lowest BCUT2D eigenvalue weighted by atomic mass is 10.1. The van der Waals surface area contributed by atoms with E-state index in [-0.39, 0.29) is 0 Å². The second-order valence-electron chi connectivity index (χ2n) is 9.49. The topological polar surface area (TPSA) is 35.6 Å². The first-order chi connectivity index (χ1) is 18.9. The molecule has 0 saturated heterocycles. The number of hydrogen-bond acceptors (Lipinski definition) is 2. The zero-order valence-corrected chi connectivity index (χ0v) is 20.5.